The fourth-order valence-electron chi connectivity index (χ4n) is 2.65. The third-order valence-electron chi connectivity index (χ3n) is 4.01. The van der Waals surface area contributed by atoms with Crippen molar-refractivity contribution >= 4 is 21.8 Å². The van der Waals surface area contributed by atoms with Crippen molar-refractivity contribution in [2.45, 2.75) is 18.7 Å². The molecule has 3 rings (SSSR count). The number of hydrogen-bond acceptors (Lipinski definition) is 4. The molecule has 1 saturated heterocycles. The first-order valence-corrected chi connectivity index (χ1v) is 8.96. The maximum absolute atomic E-state index is 12.7. The second-order valence-corrected chi connectivity index (χ2v) is 6.91. The minimum Gasteiger partial charge on any atom is -0.484 e. The van der Waals surface area contributed by atoms with Crippen LogP contribution in [0.3, 0.4) is 0 Å². The Labute approximate surface area is 162 Å². The van der Waals surface area contributed by atoms with Gasteiger partial charge in [0.15, 0.2) is 6.61 Å². The van der Waals surface area contributed by atoms with Crippen LogP contribution in [0.15, 0.2) is 47.1 Å². The van der Waals surface area contributed by atoms with Gasteiger partial charge in [0.2, 0.25) is 5.88 Å². The van der Waals surface area contributed by atoms with E-state index in [-0.39, 0.29) is 24.4 Å². The normalized spacial score (nSPS) is 17.0. The van der Waals surface area contributed by atoms with E-state index in [2.05, 4.69) is 20.9 Å². The van der Waals surface area contributed by atoms with Gasteiger partial charge in [-0.3, -0.25) is 4.79 Å². The van der Waals surface area contributed by atoms with E-state index >= 15 is 0 Å². The monoisotopic (exact) mass is 444 g/mol. The third kappa shape index (κ3) is 5.35. The van der Waals surface area contributed by atoms with Gasteiger partial charge >= 0.3 is 6.18 Å². The van der Waals surface area contributed by atoms with Gasteiger partial charge in [0.1, 0.15) is 11.9 Å². The number of aromatic nitrogens is 1. The number of amides is 1. The van der Waals surface area contributed by atoms with Gasteiger partial charge in [0.25, 0.3) is 5.91 Å². The summed E-state index contributed by atoms with van der Waals surface area (Å²) in [5.74, 6) is 0.171. The minimum absolute atomic E-state index is 0.00392. The highest BCUT2D eigenvalue weighted by Crippen LogP contribution is 2.31. The van der Waals surface area contributed by atoms with Crippen LogP contribution in [-0.2, 0) is 11.0 Å². The van der Waals surface area contributed by atoms with Crippen LogP contribution in [-0.4, -0.2) is 41.6 Å². The molecule has 1 amide bonds. The van der Waals surface area contributed by atoms with Crippen molar-refractivity contribution in [3.8, 4) is 11.6 Å². The molecule has 5 nitrogen and oxygen atoms in total. The van der Waals surface area contributed by atoms with Crippen LogP contribution in [0.4, 0.5) is 13.2 Å². The number of alkyl halides is 3. The molecule has 0 radical (unpaired) electrons. The number of rotatable bonds is 5. The van der Waals surface area contributed by atoms with Gasteiger partial charge in [-0.25, -0.2) is 4.98 Å². The van der Waals surface area contributed by atoms with Crippen LogP contribution in [0.1, 0.15) is 12.0 Å². The molecule has 2 heterocycles. The van der Waals surface area contributed by atoms with Crippen molar-refractivity contribution in [3.05, 3.63) is 52.6 Å². The molecular weight excluding hydrogens is 429 g/mol. The maximum atomic E-state index is 12.7. The fourth-order valence-corrected chi connectivity index (χ4v) is 2.89. The topological polar surface area (TPSA) is 51.7 Å². The fraction of sp³-hybridized carbons (Fsp3) is 0.333. The van der Waals surface area contributed by atoms with Crippen molar-refractivity contribution in [2.75, 3.05) is 19.7 Å². The van der Waals surface area contributed by atoms with Crippen LogP contribution in [0, 0.1) is 0 Å². The lowest BCUT2D eigenvalue weighted by molar-refractivity contribution is -0.137. The molecule has 0 bridgehead atoms. The van der Waals surface area contributed by atoms with Crippen molar-refractivity contribution < 1.29 is 27.4 Å². The summed E-state index contributed by atoms with van der Waals surface area (Å²) in [4.78, 5) is 17.9. The Bertz CT molecular complexity index is 799. The average Bonchev–Trinajstić information content (AvgIpc) is 3.10. The number of likely N-dealkylation sites (tertiary alicyclic amines) is 1. The molecule has 1 unspecified atom stereocenters. The van der Waals surface area contributed by atoms with E-state index in [9.17, 15) is 18.0 Å². The predicted octanol–water partition coefficient (Wildman–Crippen LogP) is 3.92. The molecule has 2 aromatic rings. The number of nitrogens with zero attached hydrogens (tertiary/aromatic N) is 2. The van der Waals surface area contributed by atoms with Gasteiger partial charge < -0.3 is 14.4 Å². The highest BCUT2D eigenvalue weighted by molar-refractivity contribution is 9.10. The first kappa shape index (κ1) is 19.5. The zero-order valence-corrected chi connectivity index (χ0v) is 15.7. The Balaban J connectivity index is 1.50. The standard InChI is InChI=1S/C18H16BrF3N2O3/c19-13-4-5-16(23-9-13)27-15-6-7-24(10-15)17(25)11-26-14-3-1-2-12(8-14)18(20,21)22/h1-5,8-9,15H,6-7,10-11H2. The van der Waals surface area contributed by atoms with E-state index in [1.807, 2.05) is 6.07 Å². The number of benzene rings is 1. The summed E-state index contributed by atoms with van der Waals surface area (Å²) in [6.45, 7) is 0.541. The van der Waals surface area contributed by atoms with E-state index in [1.54, 1.807) is 17.2 Å². The molecule has 0 N–H and O–H groups in total. The molecular formula is C18H16BrF3N2O3. The molecule has 27 heavy (non-hydrogen) atoms. The molecule has 0 aliphatic carbocycles. The van der Waals surface area contributed by atoms with E-state index in [0.29, 0.717) is 25.4 Å². The van der Waals surface area contributed by atoms with E-state index in [1.165, 1.54) is 12.1 Å². The van der Waals surface area contributed by atoms with Crippen LogP contribution < -0.4 is 9.47 Å². The molecule has 0 spiro atoms. The van der Waals surface area contributed by atoms with Crippen LogP contribution >= 0.6 is 15.9 Å². The highest BCUT2D eigenvalue weighted by Gasteiger charge is 2.31. The number of ether oxygens (including phenoxy) is 2. The van der Waals surface area contributed by atoms with Gasteiger partial charge in [-0.1, -0.05) is 6.07 Å². The van der Waals surface area contributed by atoms with Crippen LogP contribution in [0.25, 0.3) is 0 Å². The zero-order valence-electron chi connectivity index (χ0n) is 14.1. The molecule has 1 aromatic heterocycles. The quantitative estimate of drug-likeness (QED) is 0.701. The number of hydrogen-bond donors (Lipinski definition) is 0. The van der Waals surface area contributed by atoms with Gasteiger partial charge in [0.05, 0.1) is 12.1 Å². The molecule has 1 aliphatic rings. The Morgan fingerprint density at radius 2 is 2.11 bits per heavy atom. The molecule has 1 aromatic carbocycles. The lowest BCUT2D eigenvalue weighted by Gasteiger charge is -2.17. The van der Waals surface area contributed by atoms with Gasteiger partial charge in [-0.2, -0.15) is 13.2 Å². The summed E-state index contributed by atoms with van der Waals surface area (Å²) in [5, 5.41) is 0. The SMILES string of the molecule is O=C(COc1cccc(C(F)(F)F)c1)N1CCC(Oc2ccc(Br)cn2)C1. The summed E-state index contributed by atoms with van der Waals surface area (Å²) in [7, 11) is 0. The lowest BCUT2D eigenvalue weighted by atomic mass is 10.2. The van der Waals surface area contributed by atoms with E-state index in [0.717, 1.165) is 16.6 Å². The van der Waals surface area contributed by atoms with E-state index in [4.69, 9.17) is 9.47 Å². The summed E-state index contributed by atoms with van der Waals surface area (Å²) >= 11 is 3.29. The molecule has 1 atom stereocenters. The Kier molecular flexibility index (Phi) is 5.88. The van der Waals surface area contributed by atoms with Gasteiger partial charge in [-0.15, -0.1) is 0 Å². The average molecular weight is 445 g/mol. The van der Waals surface area contributed by atoms with Crippen molar-refractivity contribution in [2.24, 2.45) is 0 Å². The Morgan fingerprint density at radius 3 is 2.81 bits per heavy atom. The van der Waals surface area contributed by atoms with Crippen LogP contribution in [0.5, 0.6) is 11.6 Å². The third-order valence-corrected chi connectivity index (χ3v) is 4.48. The summed E-state index contributed by atoms with van der Waals surface area (Å²) in [6.07, 6.45) is -2.37. The van der Waals surface area contributed by atoms with E-state index < -0.39 is 11.7 Å². The number of pyridine rings is 1. The second-order valence-electron chi connectivity index (χ2n) is 6.00. The number of halogens is 4. The Hall–Kier alpha value is -2.29. The van der Waals surface area contributed by atoms with Gasteiger partial charge in [0, 0.05) is 29.7 Å². The summed E-state index contributed by atoms with van der Waals surface area (Å²) in [6, 6.07) is 8.00. The molecule has 144 valence electrons. The molecule has 1 fully saturated rings. The minimum atomic E-state index is -4.45. The van der Waals surface area contributed by atoms with Crippen LogP contribution in [0.2, 0.25) is 0 Å². The largest absolute Gasteiger partial charge is 0.484 e. The van der Waals surface area contributed by atoms with Gasteiger partial charge in [-0.05, 0) is 40.2 Å². The first-order chi connectivity index (χ1) is 12.8. The number of carbonyl (C=O) groups excluding carboxylic acids is 1. The smallest absolute Gasteiger partial charge is 0.416 e. The molecule has 1 aliphatic heterocycles. The summed E-state index contributed by atoms with van der Waals surface area (Å²) in [5.41, 5.74) is -0.816. The summed E-state index contributed by atoms with van der Waals surface area (Å²) < 4.78 is 49.9. The lowest BCUT2D eigenvalue weighted by Crippen LogP contribution is -2.34. The number of carbonyl (C=O) groups is 1. The highest BCUT2D eigenvalue weighted by atomic mass is 79.9. The first-order valence-electron chi connectivity index (χ1n) is 8.17. The second kappa shape index (κ2) is 8.16. The van der Waals surface area contributed by atoms with Crippen molar-refractivity contribution in [3.63, 3.8) is 0 Å². The predicted molar refractivity (Wildman–Crippen MR) is 94.5 cm³/mol. The zero-order chi connectivity index (χ0) is 19.4. The van der Waals surface area contributed by atoms with Crippen molar-refractivity contribution in [1.82, 2.24) is 9.88 Å². The Morgan fingerprint density at radius 1 is 1.30 bits per heavy atom. The van der Waals surface area contributed by atoms with Crippen molar-refractivity contribution in [1.29, 1.82) is 0 Å². The molecule has 0 saturated carbocycles. The molecule has 9 heteroatoms. The maximum Gasteiger partial charge on any atom is 0.416 e.